The van der Waals surface area contributed by atoms with Crippen LogP contribution in [0.2, 0.25) is 0 Å². The Balaban J connectivity index is 0.785. The molecule has 0 amide bonds. The predicted octanol–water partition coefficient (Wildman–Crippen LogP) is 19.3. The third-order valence-electron chi connectivity index (χ3n) is 21.0. The van der Waals surface area contributed by atoms with Crippen molar-refractivity contribution < 1.29 is 9.47 Å². The van der Waals surface area contributed by atoms with Gasteiger partial charge in [-0.25, -0.2) is 0 Å². The summed E-state index contributed by atoms with van der Waals surface area (Å²) >= 11 is 0. The van der Waals surface area contributed by atoms with Crippen LogP contribution in [0.1, 0.15) is 80.7 Å². The van der Waals surface area contributed by atoms with Gasteiger partial charge in [-0.1, -0.05) is 224 Å². The first kappa shape index (κ1) is 50.4. The molecule has 424 valence electrons. The van der Waals surface area contributed by atoms with Crippen molar-refractivity contribution >= 4 is 51.0 Å². The second kappa shape index (κ2) is 18.9. The maximum Gasteiger partial charge on any atom is 0.106 e. The molecule has 4 atom stereocenters. The van der Waals surface area contributed by atoms with Crippen LogP contribution in [0.15, 0.2) is 285 Å². The van der Waals surface area contributed by atoms with Gasteiger partial charge in [0.2, 0.25) is 0 Å². The van der Waals surface area contributed by atoms with Crippen LogP contribution in [0.3, 0.4) is 0 Å². The van der Waals surface area contributed by atoms with E-state index >= 15 is 0 Å². The molecule has 4 heteroatoms. The first-order valence-electron chi connectivity index (χ1n) is 31.9. The SMILES string of the molecule is C1=c2ccccc2=C(N(c2ccc(C3CO3)cc2)c2ccc3c(c2)C2(c4ccccc4-c4ccc(-c5ccc6c(c5)C5(c7ccccc7-6)c6ccccc6-c6ccc(N(c7ccc(C8CO8)cc7)c7cccc8ccccc78)cc65)cc42)c2ccccc2-3)CC1. The summed E-state index contributed by atoms with van der Waals surface area (Å²) in [6, 6.07) is 109. The van der Waals surface area contributed by atoms with Crippen molar-refractivity contribution in [2.24, 2.45) is 0 Å². The van der Waals surface area contributed by atoms with Gasteiger partial charge in [-0.2, -0.15) is 0 Å². The molecule has 0 bridgehead atoms. The molecule has 20 rings (SSSR count). The zero-order valence-corrected chi connectivity index (χ0v) is 49.4. The standard InChI is InChI=1S/C86H58N2O2/c1-3-19-63-53(15-1)17-13-29-81(63)87(59-37-31-55(32-38-59)83-51-89-83)61-41-45-71-67-23-7-11-27-75(67)85(79(71)49-61)73-25-9-5-21-65(73)69-43-35-57(47-77(69)85)58-36-44-70-66-22-6-10-26-74(66)86(78(70)48-58)76-28-12-8-24-68(76)72-46-42-62(50-80(72)86)88(60-39-33-56(34-40-60)84-52-90-84)82-30-14-18-54-16-2-4-20-64(54)82/h1-13,15-29,31-50,83-84H,14,30,51-52H2. The lowest BCUT2D eigenvalue weighted by molar-refractivity contribution is 0.415. The number of fused-ring (bicyclic) bond motifs is 22. The number of nitrogens with zero attached hydrogens (tertiary/aromatic N) is 2. The first-order valence-corrected chi connectivity index (χ1v) is 31.9. The molecule has 13 aromatic carbocycles. The lowest BCUT2D eigenvalue weighted by Crippen LogP contribution is -2.35. The molecule has 2 aliphatic heterocycles. The molecule has 0 saturated carbocycles. The monoisotopic (exact) mass is 1150 g/mol. The molecule has 0 radical (unpaired) electrons. The van der Waals surface area contributed by atoms with Crippen LogP contribution in [0, 0.1) is 0 Å². The quantitative estimate of drug-likeness (QED) is 0.135. The molecule has 2 heterocycles. The summed E-state index contributed by atoms with van der Waals surface area (Å²) in [5.74, 6) is 0. The highest BCUT2D eigenvalue weighted by molar-refractivity contribution is 6.02. The van der Waals surface area contributed by atoms with Gasteiger partial charge in [0.15, 0.2) is 0 Å². The van der Waals surface area contributed by atoms with Crippen LogP contribution in [0.5, 0.6) is 0 Å². The molecule has 4 nitrogen and oxygen atoms in total. The fourth-order valence-electron chi connectivity index (χ4n) is 17.0. The molecular formula is C86H58N2O2. The summed E-state index contributed by atoms with van der Waals surface area (Å²) in [6.45, 7) is 1.56. The number of benzene rings is 13. The Morgan fingerprint density at radius 2 is 0.722 bits per heavy atom. The molecule has 7 aliphatic rings. The van der Waals surface area contributed by atoms with E-state index in [1.807, 2.05) is 0 Å². The summed E-state index contributed by atoms with van der Waals surface area (Å²) in [6.07, 6.45) is 4.67. The van der Waals surface area contributed by atoms with Crippen molar-refractivity contribution in [3.05, 3.63) is 351 Å². The van der Waals surface area contributed by atoms with Crippen molar-refractivity contribution in [1.82, 2.24) is 0 Å². The van der Waals surface area contributed by atoms with Crippen molar-refractivity contribution in [2.45, 2.75) is 35.9 Å². The van der Waals surface area contributed by atoms with E-state index in [2.05, 4.69) is 301 Å². The van der Waals surface area contributed by atoms with Gasteiger partial charge in [0.05, 0.1) is 29.7 Å². The molecule has 5 aliphatic carbocycles. The van der Waals surface area contributed by atoms with E-state index in [0.717, 1.165) is 54.5 Å². The van der Waals surface area contributed by atoms with Crippen LogP contribution < -0.4 is 20.2 Å². The molecule has 2 fully saturated rings. The second-order valence-electron chi connectivity index (χ2n) is 25.4. The van der Waals surface area contributed by atoms with Gasteiger partial charge in [0.1, 0.15) is 12.2 Å². The largest absolute Gasteiger partial charge is 0.368 e. The van der Waals surface area contributed by atoms with Crippen molar-refractivity contribution in [3.63, 3.8) is 0 Å². The number of anilines is 5. The zero-order valence-electron chi connectivity index (χ0n) is 49.4. The van der Waals surface area contributed by atoms with Crippen molar-refractivity contribution in [1.29, 1.82) is 0 Å². The number of hydrogen-bond donors (Lipinski definition) is 0. The predicted molar refractivity (Wildman–Crippen MR) is 365 cm³/mol. The van der Waals surface area contributed by atoms with E-state index in [1.54, 1.807) is 0 Å². The molecule has 2 saturated heterocycles. The maximum absolute atomic E-state index is 5.78. The van der Waals surface area contributed by atoms with E-state index in [0.29, 0.717) is 0 Å². The Morgan fingerprint density at radius 3 is 1.24 bits per heavy atom. The minimum atomic E-state index is -0.609. The Hall–Kier alpha value is -10.6. The number of rotatable bonds is 9. The minimum absolute atomic E-state index is 0.173. The molecule has 90 heavy (non-hydrogen) atoms. The molecule has 4 unspecified atom stereocenters. The molecular weight excluding hydrogens is 1090 g/mol. The highest BCUT2D eigenvalue weighted by Crippen LogP contribution is 2.66. The normalized spacial score (nSPS) is 19.2. The highest BCUT2D eigenvalue weighted by Gasteiger charge is 2.54. The van der Waals surface area contributed by atoms with Gasteiger partial charge in [-0.15, -0.1) is 0 Å². The lowest BCUT2D eigenvalue weighted by atomic mass is 9.69. The molecule has 13 aromatic rings. The van der Waals surface area contributed by atoms with Crippen LogP contribution in [0.25, 0.3) is 78.2 Å². The van der Waals surface area contributed by atoms with Gasteiger partial charge in [0.25, 0.3) is 0 Å². The molecule has 0 N–H and O–H groups in total. The third kappa shape index (κ3) is 7.03. The Bertz CT molecular complexity index is 5330. The third-order valence-corrected chi connectivity index (χ3v) is 21.0. The van der Waals surface area contributed by atoms with Gasteiger partial charge < -0.3 is 19.3 Å². The molecule has 0 aromatic heterocycles. The lowest BCUT2D eigenvalue weighted by Gasteiger charge is -2.33. The van der Waals surface area contributed by atoms with Gasteiger partial charge >= 0.3 is 0 Å². The Labute approximate surface area is 523 Å². The fraction of sp³-hybridized carbons (Fsp3) is 0.0930. The van der Waals surface area contributed by atoms with E-state index < -0.39 is 10.8 Å². The zero-order chi connectivity index (χ0) is 58.8. The van der Waals surface area contributed by atoms with E-state index in [4.69, 9.17) is 9.47 Å². The Kier molecular flexibility index (Phi) is 10.6. The maximum atomic E-state index is 5.78. The smallest absolute Gasteiger partial charge is 0.106 e. The first-order chi connectivity index (χ1) is 44.6. The van der Waals surface area contributed by atoms with Gasteiger partial charge in [0, 0.05) is 39.1 Å². The summed E-state index contributed by atoms with van der Waals surface area (Å²) in [7, 11) is 0. The number of hydrogen-bond acceptors (Lipinski definition) is 4. The van der Waals surface area contributed by atoms with E-state index in [-0.39, 0.29) is 12.2 Å². The average molecular weight is 1150 g/mol. The molecule has 2 spiro atoms. The fourth-order valence-corrected chi connectivity index (χ4v) is 17.0. The number of ether oxygens (including phenoxy) is 2. The Morgan fingerprint density at radius 1 is 0.322 bits per heavy atom. The summed E-state index contributed by atoms with van der Waals surface area (Å²) in [5.41, 5.74) is 31.4. The average Bonchev–Trinajstić information content (AvgIpc) is 1.52. The van der Waals surface area contributed by atoms with Gasteiger partial charge in [-0.05, 0) is 201 Å². The minimum Gasteiger partial charge on any atom is -0.368 e. The van der Waals surface area contributed by atoms with E-state index in [9.17, 15) is 0 Å². The van der Waals surface area contributed by atoms with Gasteiger partial charge in [-0.3, -0.25) is 0 Å². The van der Waals surface area contributed by atoms with E-state index in [1.165, 1.54) is 138 Å². The van der Waals surface area contributed by atoms with Crippen LogP contribution in [0.4, 0.5) is 28.4 Å². The highest BCUT2D eigenvalue weighted by atomic mass is 16.6. The topological polar surface area (TPSA) is 31.5 Å². The second-order valence-corrected chi connectivity index (χ2v) is 25.4. The summed E-state index contributed by atoms with van der Waals surface area (Å²) in [5, 5.41) is 4.99. The van der Waals surface area contributed by atoms with Crippen molar-refractivity contribution in [2.75, 3.05) is 23.0 Å². The van der Waals surface area contributed by atoms with Crippen LogP contribution in [-0.4, -0.2) is 13.2 Å². The summed E-state index contributed by atoms with van der Waals surface area (Å²) < 4.78 is 11.5. The van der Waals surface area contributed by atoms with Crippen molar-refractivity contribution in [3.8, 4) is 55.6 Å². The summed E-state index contributed by atoms with van der Waals surface area (Å²) in [4.78, 5) is 5.03. The van der Waals surface area contributed by atoms with Crippen LogP contribution in [-0.2, 0) is 20.3 Å². The number of epoxide rings is 2. The van der Waals surface area contributed by atoms with Crippen LogP contribution >= 0.6 is 0 Å².